The van der Waals surface area contributed by atoms with E-state index >= 15 is 0 Å². The Hall–Kier alpha value is -1.32. The van der Waals surface area contributed by atoms with Gasteiger partial charge in [-0.1, -0.05) is 13.8 Å². The van der Waals surface area contributed by atoms with Crippen LogP contribution in [0, 0.1) is 5.92 Å². The highest BCUT2D eigenvalue weighted by Gasteiger charge is 2.07. The summed E-state index contributed by atoms with van der Waals surface area (Å²) in [5.41, 5.74) is 5.73. The highest BCUT2D eigenvalue weighted by molar-refractivity contribution is 5.82. The average molecular weight is 180 g/mol. The predicted octanol–water partition coefficient (Wildman–Crippen LogP) is 1.48. The Labute approximate surface area is 78.3 Å². The number of nitrogens with one attached hydrogen (secondary N) is 1. The summed E-state index contributed by atoms with van der Waals surface area (Å²) in [4.78, 5) is 11.4. The van der Waals surface area contributed by atoms with E-state index < -0.39 is 0 Å². The number of aromatic nitrogens is 2. The van der Waals surface area contributed by atoms with Gasteiger partial charge < -0.3 is 10.7 Å². The van der Waals surface area contributed by atoms with Crippen molar-refractivity contribution in [2.45, 2.75) is 26.8 Å². The number of hydrogen-bond acceptors (Lipinski definition) is 2. The fourth-order valence-electron chi connectivity index (χ4n) is 0.940. The molecule has 1 aromatic heterocycles. The van der Waals surface area contributed by atoms with Crippen molar-refractivity contribution in [3.8, 4) is 0 Å². The summed E-state index contributed by atoms with van der Waals surface area (Å²) in [7, 11) is 0. The fourth-order valence-corrected chi connectivity index (χ4v) is 0.940. The second-order valence-corrected chi connectivity index (χ2v) is 3.36. The number of hydrogen-bond donors (Lipinski definition) is 2. The number of nitrogens with two attached hydrogens (primary N) is 1. The van der Waals surface area contributed by atoms with Gasteiger partial charge in [-0.25, -0.2) is 4.98 Å². The third-order valence-electron chi connectivity index (χ3n) is 1.85. The van der Waals surface area contributed by atoms with Crippen LogP contribution in [0.3, 0.4) is 0 Å². The Balaban J connectivity index is 2.70. The zero-order chi connectivity index (χ0) is 9.84. The SMILES string of the molecule is CC(C)C(N)=NC(C)c1ncc[nH]1. The maximum atomic E-state index is 5.73. The highest BCUT2D eigenvalue weighted by atomic mass is 15.0. The van der Waals surface area contributed by atoms with Crippen LogP contribution in [0.2, 0.25) is 0 Å². The van der Waals surface area contributed by atoms with Crippen LogP contribution in [0.1, 0.15) is 32.6 Å². The zero-order valence-electron chi connectivity index (χ0n) is 8.28. The largest absolute Gasteiger partial charge is 0.387 e. The number of rotatable bonds is 3. The summed E-state index contributed by atoms with van der Waals surface area (Å²) in [6.07, 6.45) is 3.50. The average Bonchev–Trinajstić information content (AvgIpc) is 2.55. The number of aliphatic imine (C=N–C) groups is 1. The summed E-state index contributed by atoms with van der Waals surface area (Å²) in [5.74, 6) is 1.81. The molecular weight excluding hydrogens is 164 g/mol. The molecule has 0 aromatic carbocycles. The molecule has 3 N–H and O–H groups in total. The lowest BCUT2D eigenvalue weighted by Crippen LogP contribution is -2.19. The van der Waals surface area contributed by atoms with Crippen molar-refractivity contribution in [3.63, 3.8) is 0 Å². The van der Waals surface area contributed by atoms with Crippen molar-refractivity contribution >= 4 is 5.84 Å². The van der Waals surface area contributed by atoms with Crippen molar-refractivity contribution in [2.75, 3.05) is 0 Å². The molecule has 4 heteroatoms. The maximum Gasteiger partial charge on any atom is 0.130 e. The number of nitrogens with zero attached hydrogens (tertiary/aromatic N) is 2. The molecule has 1 atom stereocenters. The minimum atomic E-state index is 0.0115. The first-order valence-electron chi connectivity index (χ1n) is 4.43. The van der Waals surface area contributed by atoms with E-state index in [0.29, 0.717) is 5.84 Å². The molecule has 1 heterocycles. The van der Waals surface area contributed by atoms with Gasteiger partial charge in [0.25, 0.3) is 0 Å². The lowest BCUT2D eigenvalue weighted by atomic mass is 10.2. The van der Waals surface area contributed by atoms with Crippen LogP contribution >= 0.6 is 0 Å². The first kappa shape index (κ1) is 9.77. The molecule has 72 valence electrons. The molecule has 1 unspecified atom stereocenters. The molecule has 4 nitrogen and oxygen atoms in total. The summed E-state index contributed by atoms with van der Waals surface area (Å²) in [6, 6.07) is 0.0115. The summed E-state index contributed by atoms with van der Waals surface area (Å²) < 4.78 is 0. The summed E-state index contributed by atoms with van der Waals surface area (Å²) in [5, 5.41) is 0. The van der Waals surface area contributed by atoms with E-state index in [1.165, 1.54) is 0 Å². The maximum absolute atomic E-state index is 5.73. The Morgan fingerprint density at radius 3 is 2.69 bits per heavy atom. The van der Waals surface area contributed by atoms with Gasteiger partial charge in [-0.3, -0.25) is 4.99 Å². The van der Waals surface area contributed by atoms with E-state index in [0.717, 1.165) is 5.82 Å². The molecule has 0 saturated heterocycles. The molecule has 0 bridgehead atoms. The van der Waals surface area contributed by atoms with Gasteiger partial charge in [0.05, 0.1) is 5.84 Å². The standard InChI is InChI=1S/C9H16N4/c1-6(2)8(10)13-7(3)9-11-4-5-12-9/h4-7H,1-3H3,(H2,10,13)(H,11,12). The molecule has 1 rings (SSSR count). The molecule has 0 spiro atoms. The second kappa shape index (κ2) is 4.07. The van der Waals surface area contributed by atoms with Gasteiger partial charge in [0.1, 0.15) is 11.9 Å². The molecule has 0 fully saturated rings. The number of amidine groups is 1. The first-order valence-corrected chi connectivity index (χ1v) is 4.43. The number of imidazole rings is 1. The fraction of sp³-hybridized carbons (Fsp3) is 0.556. The lowest BCUT2D eigenvalue weighted by Gasteiger charge is -2.07. The highest BCUT2D eigenvalue weighted by Crippen LogP contribution is 2.11. The van der Waals surface area contributed by atoms with Gasteiger partial charge in [-0.2, -0.15) is 0 Å². The minimum absolute atomic E-state index is 0.0115. The van der Waals surface area contributed by atoms with Crippen LogP contribution in [-0.2, 0) is 0 Å². The van der Waals surface area contributed by atoms with Crippen LogP contribution in [-0.4, -0.2) is 15.8 Å². The molecule has 0 aliphatic carbocycles. The van der Waals surface area contributed by atoms with Gasteiger partial charge in [-0.05, 0) is 6.92 Å². The summed E-state index contributed by atoms with van der Waals surface area (Å²) in [6.45, 7) is 6.01. The summed E-state index contributed by atoms with van der Waals surface area (Å²) >= 11 is 0. The molecule has 13 heavy (non-hydrogen) atoms. The molecule has 0 amide bonds. The van der Waals surface area contributed by atoms with E-state index in [1.807, 2.05) is 20.8 Å². The van der Waals surface area contributed by atoms with E-state index in [-0.39, 0.29) is 12.0 Å². The van der Waals surface area contributed by atoms with Gasteiger partial charge in [0.15, 0.2) is 0 Å². The third-order valence-corrected chi connectivity index (χ3v) is 1.85. The monoisotopic (exact) mass is 180 g/mol. The topological polar surface area (TPSA) is 67.1 Å². The van der Waals surface area contributed by atoms with Crippen molar-refractivity contribution in [1.29, 1.82) is 0 Å². The van der Waals surface area contributed by atoms with Gasteiger partial charge in [-0.15, -0.1) is 0 Å². The Morgan fingerprint density at radius 2 is 2.23 bits per heavy atom. The van der Waals surface area contributed by atoms with Crippen LogP contribution in [0.5, 0.6) is 0 Å². The van der Waals surface area contributed by atoms with Crippen LogP contribution in [0.4, 0.5) is 0 Å². The van der Waals surface area contributed by atoms with Crippen molar-refractivity contribution in [3.05, 3.63) is 18.2 Å². The Morgan fingerprint density at radius 1 is 1.54 bits per heavy atom. The zero-order valence-corrected chi connectivity index (χ0v) is 8.28. The predicted molar refractivity (Wildman–Crippen MR) is 53.5 cm³/mol. The van der Waals surface area contributed by atoms with Crippen molar-refractivity contribution < 1.29 is 0 Å². The van der Waals surface area contributed by atoms with Crippen molar-refractivity contribution in [2.24, 2.45) is 16.6 Å². The number of H-pyrrole nitrogens is 1. The molecule has 1 aromatic rings. The molecule has 0 aliphatic rings. The molecule has 0 aliphatic heterocycles. The normalized spacial score (nSPS) is 14.9. The number of aromatic amines is 1. The van der Waals surface area contributed by atoms with Crippen LogP contribution in [0.15, 0.2) is 17.4 Å². The molecule has 0 radical (unpaired) electrons. The quantitative estimate of drug-likeness (QED) is 0.546. The Kier molecular flexibility index (Phi) is 3.06. The lowest BCUT2D eigenvalue weighted by molar-refractivity contribution is 0.736. The van der Waals surface area contributed by atoms with E-state index in [1.54, 1.807) is 12.4 Å². The first-order chi connectivity index (χ1) is 6.11. The Bertz CT molecular complexity index is 274. The molecule has 0 saturated carbocycles. The van der Waals surface area contributed by atoms with Crippen molar-refractivity contribution in [1.82, 2.24) is 9.97 Å². The third kappa shape index (κ3) is 2.57. The van der Waals surface area contributed by atoms with E-state index in [2.05, 4.69) is 15.0 Å². The van der Waals surface area contributed by atoms with Crippen LogP contribution < -0.4 is 5.73 Å². The second-order valence-electron chi connectivity index (χ2n) is 3.36. The van der Waals surface area contributed by atoms with Gasteiger partial charge in [0, 0.05) is 18.3 Å². The van der Waals surface area contributed by atoms with Gasteiger partial charge >= 0.3 is 0 Å². The van der Waals surface area contributed by atoms with E-state index in [9.17, 15) is 0 Å². The van der Waals surface area contributed by atoms with Crippen LogP contribution in [0.25, 0.3) is 0 Å². The molecular formula is C9H16N4. The minimum Gasteiger partial charge on any atom is -0.387 e. The van der Waals surface area contributed by atoms with Gasteiger partial charge in [0.2, 0.25) is 0 Å². The van der Waals surface area contributed by atoms with E-state index in [4.69, 9.17) is 5.73 Å². The smallest absolute Gasteiger partial charge is 0.130 e.